The van der Waals surface area contributed by atoms with Crippen molar-refractivity contribution in [3.05, 3.63) is 0 Å². The van der Waals surface area contributed by atoms with Crippen molar-refractivity contribution in [2.24, 2.45) is 0 Å². The normalized spacial score (nSPS) is 8.83. The molecule has 0 atom stereocenters. The number of carbonyl (C=O) groups is 1. The fourth-order valence-electron chi connectivity index (χ4n) is 0.922. The average molecular weight is 166 g/mol. The molecule has 0 saturated heterocycles. The van der Waals surface area contributed by atoms with Gasteiger partial charge < -0.3 is 6.16 Å². The summed E-state index contributed by atoms with van der Waals surface area (Å²) in [5.41, 5.74) is 0. The third-order valence-corrected chi connectivity index (χ3v) is 1.55. The molecule has 0 aromatic rings. The molecule has 12 heavy (non-hydrogen) atoms. The van der Waals surface area contributed by atoms with Gasteiger partial charge in [-0.1, -0.05) is 32.6 Å². The summed E-state index contributed by atoms with van der Waals surface area (Å²) in [6.07, 6.45) is 6.01. The van der Waals surface area contributed by atoms with E-state index in [1.807, 2.05) is 0 Å². The molecule has 0 aliphatic heterocycles. The number of hydrogen-bond donors (Lipinski definition) is 0. The maximum absolute atomic E-state index is 10.3. The number of unbranched alkanes of at least 4 members (excludes halogenated alkanes) is 4. The minimum Gasteiger partial charge on any atom is -1.00 e. The molecular formula is C9H19LiO2. The molecular weight excluding hydrogens is 147 g/mol. The predicted octanol–water partition coefficient (Wildman–Crippen LogP) is -0.364. The van der Waals surface area contributed by atoms with Crippen molar-refractivity contribution >= 4 is 5.97 Å². The van der Waals surface area contributed by atoms with Crippen LogP contribution in [0.2, 0.25) is 0 Å². The molecule has 0 aliphatic rings. The molecule has 68 valence electrons. The van der Waals surface area contributed by atoms with E-state index >= 15 is 0 Å². The first-order valence-corrected chi connectivity index (χ1v) is 4.40. The molecule has 0 fully saturated rings. The van der Waals surface area contributed by atoms with Crippen LogP contribution >= 0.6 is 0 Å². The number of ether oxygens (including phenoxy) is 1. The zero-order chi connectivity index (χ0) is 8.53. The van der Waals surface area contributed by atoms with Gasteiger partial charge in [0, 0.05) is 6.92 Å². The molecule has 0 rings (SSSR count). The summed E-state index contributed by atoms with van der Waals surface area (Å²) in [6, 6.07) is 0. The number of hydrogen-bond acceptors (Lipinski definition) is 2. The largest absolute Gasteiger partial charge is 1.00 e. The molecule has 0 saturated carbocycles. The zero-order valence-electron chi connectivity index (χ0n) is 9.56. The van der Waals surface area contributed by atoms with Crippen LogP contribution in [0.15, 0.2) is 0 Å². The van der Waals surface area contributed by atoms with E-state index in [4.69, 9.17) is 4.74 Å². The maximum Gasteiger partial charge on any atom is 1.00 e. The Bertz CT molecular complexity index is 110. The molecule has 0 unspecified atom stereocenters. The first kappa shape index (κ1) is 14.6. The quantitative estimate of drug-likeness (QED) is 0.306. The van der Waals surface area contributed by atoms with Gasteiger partial charge in [0.25, 0.3) is 0 Å². The van der Waals surface area contributed by atoms with E-state index in [0.29, 0.717) is 6.61 Å². The third-order valence-electron chi connectivity index (χ3n) is 1.55. The standard InChI is InChI=1S/C9H18O2.Li.H/c1-3-4-5-6-7-8-11-9(2)10;;/h3-8H2,1-2H3;;/q;+1;-1. The van der Waals surface area contributed by atoms with Crippen molar-refractivity contribution in [2.75, 3.05) is 6.61 Å². The molecule has 0 bridgehead atoms. The van der Waals surface area contributed by atoms with Crippen molar-refractivity contribution < 1.29 is 29.8 Å². The fraction of sp³-hybridized carbons (Fsp3) is 0.889. The number of carbonyl (C=O) groups excluding carboxylic acids is 1. The molecule has 0 aromatic heterocycles. The summed E-state index contributed by atoms with van der Waals surface area (Å²) < 4.78 is 4.78. The van der Waals surface area contributed by atoms with Crippen LogP contribution in [0.25, 0.3) is 0 Å². The Balaban J connectivity index is -0.000000500. The van der Waals surface area contributed by atoms with Crippen LogP contribution in [0.1, 0.15) is 47.4 Å². The van der Waals surface area contributed by atoms with Crippen LogP contribution in [-0.2, 0) is 9.53 Å². The molecule has 3 heteroatoms. The van der Waals surface area contributed by atoms with Gasteiger partial charge in [-0.25, -0.2) is 0 Å². The topological polar surface area (TPSA) is 26.3 Å². The molecule has 0 radical (unpaired) electrons. The Kier molecular flexibility index (Phi) is 13.5. The van der Waals surface area contributed by atoms with Gasteiger partial charge in [0.1, 0.15) is 0 Å². The van der Waals surface area contributed by atoms with Crippen molar-refractivity contribution in [3.8, 4) is 0 Å². The molecule has 0 aliphatic carbocycles. The number of esters is 1. The summed E-state index contributed by atoms with van der Waals surface area (Å²) in [5.74, 6) is -0.166. The third kappa shape index (κ3) is 12.7. The zero-order valence-corrected chi connectivity index (χ0v) is 8.56. The Hall–Kier alpha value is 0.0674. The van der Waals surface area contributed by atoms with Gasteiger partial charge in [-0.05, 0) is 6.42 Å². The Labute approximate surface area is 88.7 Å². The van der Waals surface area contributed by atoms with Crippen LogP contribution in [0, 0.1) is 0 Å². The monoisotopic (exact) mass is 166 g/mol. The Morgan fingerprint density at radius 2 is 1.83 bits per heavy atom. The minimum absolute atomic E-state index is 0. The van der Waals surface area contributed by atoms with Crippen LogP contribution in [0.5, 0.6) is 0 Å². The van der Waals surface area contributed by atoms with Crippen molar-refractivity contribution in [1.29, 1.82) is 0 Å². The SMILES string of the molecule is CCCCCCCOC(C)=O.[H-].[Li+]. The van der Waals surface area contributed by atoms with Gasteiger partial charge in [-0.3, -0.25) is 4.79 Å². The van der Waals surface area contributed by atoms with Crippen LogP contribution in [0.4, 0.5) is 0 Å². The van der Waals surface area contributed by atoms with Crippen molar-refractivity contribution in [1.82, 2.24) is 0 Å². The minimum atomic E-state index is -0.166. The average Bonchev–Trinajstić information content (AvgIpc) is 1.96. The summed E-state index contributed by atoms with van der Waals surface area (Å²) in [4.78, 5) is 10.3. The second-order valence-electron chi connectivity index (χ2n) is 2.75. The Morgan fingerprint density at radius 1 is 1.25 bits per heavy atom. The van der Waals surface area contributed by atoms with E-state index in [-0.39, 0.29) is 26.3 Å². The second kappa shape index (κ2) is 11.1. The predicted molar refractivity (Wildman–Crippen MR) is 46.5 cm³/mol. The second-order valence-corrected chi connectivity index (χ2v) is 2.75. The van der Waals surface area contributed by atoms with Gasteiger partial charge >= 0.3 is 24.8 Å². The van der Waals surface area contributed by atoms with Crippen molar-refractivity contribution in [2.45, 2.75) is 46.0 Å². The van der Waals surface area contributed by atoms with Gasteiger partial charge in [-0.15, -0.1) is 0 Å². The summed E-state index contributed by atoms with van der Waals surface area (Å²) >= 11 is 0. The maximum atomic E-state index is 10.3. The molecule has 2 nitrogen and oxygen atoms in total. The van der Waals surface area contributed by atoms with Gasteiger partial charge in [0.05, 0.1) is 6.61 Å². The first-order chi connectivity index (χ1) is 5.27. The molecule has 0 aromatic carbocycles. The van der Waals surface area contributed by atoms with E-state index in [0.717, 1.165) is 6.42 Å². The Morgan fingerprint density at radius 3 is 2.33 bits per heavy atom. The van der Waals surface area contributed by atoms with E-state index in [1.165, 1.54) is 32.6 Å². The fourth-order valence-corrected chi connectivity index (χ4v) is 0.922. The molecule has 0 spiro atoms. The van der Waals surface area contributed by atoms with Crippen LogP contribution in [0.3, 0.4) is 0 Å². The van der Waals surface area contributed by atoms with E-state index in [9.17, 15) is 4.79 Å². The summed E-state index contributed by atoms with van der Waals surface area (Å²) in [6.45, 7) is 4.23. The summed E-state index contributed by atoms with van der Waals surface area (Å²) in [7, 11) is 0. The summed E-state index contributed by atoms with van der Waals surface area (Å²) in [5, 5.41) is 0. The van der Waals surface area contributed by atoms with E-state index in [1.54, 1.807) is 0 Å². The van der Waals surface area contributed by atoms with Gasteiger partial charge in [0.2, 0.25) is 0 Å². The van der Waals surface area contributed by atoms with Gasteiger partial charge in [-0.2, -0.15) is 0 Å². The molecule has 0 N–H and O–H groups in total. The van der Waals surface area contributed by atoms with Crippen molar-refractivity contribution in [3.63, 3.8) is 0 Å². The van der Waals surface area contributed by atoms with Crippen LogP contribution in [-0.4, -0.2) is 12.6 Å². The molecule has 0 heterocycles. The van der Waals surface area contributed by atoms with Crippen LogP contribution < -0.4 is 18.9 Å². The van der Waals surface area contributed by atoms with E-state index < -0.39 is 0 Å². The number of rotatable bonds is 6. The first-order valence-electron chi connectivity index (χ1n) is 4.40. The molecule has 0 amide bonds. The van der Waals surface area contributed by atoms with E-state index in [2.05, 4.69) is 6.92 Å². The van der Waals surface area contributed by atoms with Gasteiger partial charge in [0.15, 0.2) is 0 Å². The smallest absolute Gasteiger partial charge is 1.00 e.